The van der Waals surface area contributed by atoms with E-state index < -0.39 is 43.8 Å². The summed E-state index contributed by atoms with van der Waals surface area (Å²) >= 11 is 0.815. The van der Waals surface area contributed by atoms with Gasteiger partial charge in [0.05, 0.1) is 16.8 Å². The van der Waals surface area contributed by atoms with Gasteiger partial charge in [-0.1, -0.05) is 57.8 Å². The summed E-state index contributed by atoms with van der Waals surface area (Å²) in [5.41, 5.74) is -7.46. The van der Waals surface area contributed by atoms with Crippen molar-refractivity contribution >= 4 is 37.7 Å². The van der Waals surface area contributed by atoms with Crippen molar-refractivity contribution in [2.75, 3.05) is 0 Å². The van der Waals surface area contributed by atoms with Crippen LogP contribution in [0.5, 0.6) is 0 Å². The number of nitrogens with one attached hydrogen (secondary N) is 1. The molecule has 0 radical (unpaired) electrons. The van der Waals surface area contributed by atoms with Crippen molar-refractivity contribution in [2.45, 2.75) is 21.6 Å². The first-order valence-electron chi connectivity index (χ1n) is 11.4. The highest BCUT2D eigenvalue weighted by atomic mass is 127. The topological polar surface area (TPSA) is 42.0 Å². The van der Waals surface area contributed by atoms with E-state index in [-0.39, 0.29) is 23.2 Å². The summed E-state index contributed by atoms with van der Waals surface area (Å²) in [5, 5.41) is 2.68. The molecule has 0 aliphatic heterocycles. The molecule has 0 fully saturated rings. The van der Waals surface area contributed by atoms with E-state index in [2.05, 4.69) is 10.3 Å². The second-order valence-electron chi connectivity index (χ2n) is 8.72. The maximum Gasteiger partial charge on any atom is 0.324 e. The first-order valence-corrected chi connectivity index (χ1v) is 13.1. The van der Waals surface area contributed by atoms with E-state index >= 15 is 4.39 Å². The van der Waals surface area contributed by atoms with Gasteiger partial charge in [0.2, 0.25) is 0 Å². The zero-order valence-electron chi connectivity index (χ0n) is 19.9. The largest absolute Gasteiger partial charge is 0.336 e. The van der Waals surface area contributed by atoms with Crippen molar-refractivity contribution in [2.24, 2.45) is 0 Å². The summed E-state index contributed by atoms with van der Waals surface area (Å²) in [4.78, 5) is 17.9. The predicted octanol–water partition coefficient (Wildman–Crippen LogP) is 7.68. The smallest absolute Gasteiger partial charge is 0.324 e. The normalized spacial score (nSPS) is 13.5. The predicted molar refractivity (Wildman–Crippen MR) is 147 cm³/mol. The van der Waals surface area contributed by atoms with Gasteiger partial charge in [-0.15, -0.1) is 0 Å². The van der Waals surface area contributed by atoms with Crippen LogP contribution in [0.2, 0.25) is 0 Å². The van der Waals surface area contributed by atoms with Gasteiger partial charge in [0.15, 0.2) is 0 Å². The van der Waals surface area contributed by atoms with Crippen LogP contribution in [0.4, 0.5) is 26.3 Å². The van der Waals surface area contributed by atoms with Gasteiger partial charge in [-0.25, -0.2) is 8.78 Å². The van der Waals surface area contributed by atoms with E-state index in [1.165, 1.54) is 33.6 Å². The molecule has 1 heterocycles. The van der Waals surface area contributed by atoms with Crippen LogP contribution in [0.3, 0.4) is 0 Å². The molecule has 0 bridgehead atoms. The molecule has 39 heavy (non-hydrogen) atoms. The summed E-state index contributed by atoms with van der Waals surface area (Å²) in [6.45, 7) is 0. The molecule has 1 unspecified atom stereocenters. The van der Waals surface area contributed by atoms with Gasteiger partial charge in [-0.3, -0.25) is 9.78 Å². The summed E-state index contributed by atoms with van der Waals surface area (Å²) in [6, 6.07) is 19.0. The van der Waals surface area contributed by atoms with E-state index in [0.29, 0.717) is 11.6 Å². The second kappa shape index (κ2) is 11.3. The minimum atomic E-state index is -3.67. The van der Waals surface area contributed by atoms with E-state index in [1.54, 1.807) is 42.5 Å². The summed E-state index contributed by atoms with van der Waals surface area (Å²) < 4.78 is 83.2. The lowest BCUT2D eigenvalue weighted by molar-refractivity contribution is 0.0904. The maximum absolute atomic E-state index is 16.0. The van der Waals surface area contributed by atoms with Crippen LogP contribution in [-0.2, 0) is 21.6 Å². The Balaban J connectivity index is 1.97. The van der Waals surface area contributed by atoms with Crippen LogP contribution < -0.4 is 5.32 Å². The number of aromatic nitrogens is 1. The average molecular weight is 672 g/mol. The summed E-state index contributed by atoms with van der Waals surface area (Å²) in [5.74, 6) is -3.47. The third kappa shape index (κ3) is 6.27. The number of carbonyl (C=O) groups is 1. The molecule has 1 aromatic heterocycles. The zero-order valence-corrected chi connectivity index (χ0v) is 23.3. The molecule has 202 valence electrons. The van der Waals surface area contributed by atoms with Gasteiger partial charge >= 0.3 is 3.93 Å². The minimum Gasteiger partial charge on any atom is -0.336 e. The number of hydrogen-bond donors (Lipinski definition) is 1. The molecule has 1 N–H and O–H groups in total. The van der Waals surface area contributed by atoms with Crippen LogP contribution in [0.15, 0.2) is 91.1 Å². The fraction of sp³-hybridized carbons (Fsp3) is 0.143. The average Bonchev–Trinajstić information content (AvgIpc) is 2.88. The number of pyridine rings is 1. The van der Waals surface area contributed by atoms with E-state index in [0.717, 1.165) is 40.8 Å². The van der Waals surface area contributed by atoms with Crippen molar-refractivity contribution < 1.29 is 31.1 Å². The van der Waals surface area contributed by atoms with Crippen LogP contribution in [0.25, 0.3) is 0 Å². The van der Waals surface area contributed by atoms with Crippen molar-refractivity contribution in [3.05, 3.63) is 136 Å². The lowest BCUT2D eigenvalue weighted by atomic mass is 9.79. The molecule has 4 aromatic rings. The molecular weight excluding hydrogens is 652 g/mol. The molecule has 3 nitrogen and oxygen atoms in total. The van der Waals surface area contributed by atoms with E-state index in [1.807, 2.05) is 0 Å². The first kappa shape index (κ1) is 29.0. The third-order valence-electron chi connectivity index (χ3n) is 6.09. The lowest BCUT2D eigenvalue weighted by Crippen LogP contribution is -2.50. The number of amides is 1. The number of halogens is 7. The Morgan fingerprint density at radius 3 is 2.13 bits per heavy atom. The van der Waals surface area contributed by atoms with Gasteiger partial charge in [-0.05, 0) is 42.0 Å². The molecule has 3 aromatic carbocycles. The lowest BCUT2D eigenvalue weighted by Gasteiger charge is -2.36. The molecule has 0 spiro atoms. The van der Waals surface area contributed by atoms with Gasteiger partial charge in [0.1, 0.15) is 17.2 Å². The Labute approximate surface area is 236 Å². The Hall–Kier alpha value is -2.98. The van der Waals surface area contributed by atoms with E-state index in [4.69, 9.17) is 0 Å². The van der Waals surface area contributed by atoms with Gasteiger partial charge in [-0.2, -0.15) is 17.6 Å². The summed E-state index contributed by atoms with van der Waals surface area (Å²) in [7, 11) is 1.21. The molecule has 0 saturated heterocycles. The van der Waals surface area contributed by atoms with Gasteiger partial charge in [0.25, 0.3) is 11.6 Å². The Bertz CT molecular complexity index is 1480. The van der Waals surface area contributed by atoms with E-state index in [9.17, 15) is 26.7 Å². The van der Waals surface area contributed by atoms with Crippen molar-refractivity contribution in [3.8, 4) is 0 Å². The van der Waals surface area contributed by atoms with Crippen molar-refractivity contribution in [1.29, 1.82) is 0 Å². The standard InChI is InChI=1S/C28H20F6IN2OP/c29-22-13-12-18(15-21(22)28(33,34)39)25(38)37-26(23-11-4-5-14-36-23,16-17-7-2-1-3-8-17)19-9-6-10-20(24(19)30)27(31,32)35/h1-15H,16,39H2,(H,37,38)/t26-/m0/s1. The minimum absolute atomic E-state index is 0.105. The fourth-order valence-electron chi connectivity index (χ4n) is 4.29. The number of alkyl halides is 5. The fourth-order valence-corrected chi connectivity index (χ4v) is 4.92. The molecule has 0 saturated carbocycles. The van der Waals surface area contributed by atoms with Crippen LogP contribution in [0.1, 0.15) is 38.3 Å². The first-order chi connectivity index (χ1) is 18.3. The SMILES string of the molecule is O=C(N[C@](Cc1ccccc1)(c1ccccn1)c1cccc(C(F)(F)I)c1F)c1ccc(F)c(C(F)(F)P)c1. The van der Waals surface area contributed by atoms with Crippen LogP contribution in [0, 0.1) is 11.6 Å². The van der Waals surface area contributed by atoms with Crippen LogP contribution >= 0.6 is 31.8 Å². The molecule has 0 aliphatic carbocycles. The number of nitrogens with zero attached hydrogens (tertiary/aromatic N) is 1. The monoisotopic (exact) mass is 672 g/mol. The highest BCUT2D eigenvalue weighted by Gasteiger charge is 2.43. The molecular formula is C28H20F6IN2OP. The quantitative estimate of drug-likeness (QED) is 0.0904. The Kier molecular flexibility index (Phi) is 8.37. The highest BCUT2D eigenvalue weighted by molar-refractivity contribution is 14.1. The third-order valence-corrected chi connectivity index (χ3v) is 6.98. The Morgan fingerprint density at radius 1 is 0.846 bits per heavy atom. The van der Waals surface area contributed by atoms with Crippen LogP contribution in [-0.4, -0.2) is 10.9 Å². The maximum atomic E-state index is 16.0. The number of hydrogen-bond acceptors (Lipinski definition) is 2. The van der Waals surface area contributed by atoms with Crippen molar-refractivity contribution in [1.82, 2.24) is 10.3 Å². The molecule has 2 atom stereocenters. The van der Waals surface area contributed by atoms with Crippen molar-refractivity contribution in [3.63, 3.8) is 0 Å². The number of carbonyl (C=O) groups excluding carboxylic acids is 1. The second-order valence-corrected chi connectivity index (χ2v) is 10.8. The molecule has 11 heteroatoms. The Morgan fingerprint density at radius 2 is 1.51 bits per heavy atom. The number of rotatable bonds is 8. The molecule has 0 aliphatic rings. The number of benzene rings is 3. The van der Waals surface area contributed by atoms with Gasteiger partial charge in [0, 0.05) is 46.3 Å². The zero-order chi connectivity index (χ0) is 28.4. The highest BCUT2D eigenvalue weighted by Crippen LogP contribution is 2.42. The molecule has 1 amide bonds. The summed E-state index contributed by atoms with van der Waals surface area (Å²) in [6.07, 6.45) is 1.25. The van der Waals surface area contributed by atoms with Gasteiger partial charge < -0.3 is 5.32 Å². The molecule has 4 rings (SSSR count).